The largest absolute Gasteiger partial charge is 0.454 e. The van der Waals surface area contributed by atoms with E-state index in [2.05, 4.69) is 5.32 Å². The van der Waals surface area contributed by atoms with E-state index in [1.165, 1.54) is 6.07 Å². The Hall–Kier alpha value is -3.27. The van der Waals surface area contributed by atoms with Crippen molar-refractivity contribution in [2.24, 2.45) is 0 Å². The Kier molecular flexibility index (Phi) is 6.69. The molecule has 166 valence electrons. The number of para-hydroxylation sites is 1. The van der Waals surface area contributed by atoms with Crippen molar-refractivity contribution in [3.8, 4) is 11.5 Å². The van der Waals surface area contributed by atoms with Crippen LogP contribution in [-0.4, -0.2) is 57.8 Å². The molecule has 0 spiro atoms. The number of carbonyl (C=O) groups excluding carboxylic acids is 2. The van der Waals surface area contributed by atoms with Crippen molar-refractivity contribution < 1.29 is 27.5 Å². The van der Waals surface area contributed by atoms with E-state index in [9.17, 15) is 18.0 Å². The zero-order valence-electron chi connectivity index (χ0n) is 17.6. The van der Waals surface area contributed by atoms with E-state index in [0.717, 1.165) is 10.6 Å². The third-order valence-corrected chi connectivity index (χ3v) is 5.95. The first kappa shape index (κ1) is 22.4. The fourth-order valence-electron chi connectivity index (χ4n) is 3.22. The predicted octanol–water partition coefficient (Wildman–Crippen LogP) is 2.30. The van der Waals surface area contributed by atoms with Gasteiger partial charge in [-0.05, 0) is 38.1 Å². The van der Waals surface area contributed by atoms with E-state index in [0.29, 0.717) is 35.8 Å². The van der Waals surface area contributed by atoms with Crippen LogP contribution < -0.4 is 19.1 Å². The van der Waals surface area contributed by atoms with Gasteiger partial charge in [0.15, 0.2) is 11.5 Å². The van der Waals surface area contributed by atoms with Crippen LogP contribution in [0, 0.1) is 0 Å². The van der Waals surface area contributed by atoms with Crippen LogP contribution in [0.4, 0.5) is 11.4 Å². The summed E-state index contributed by atoms with van der Waals surface area (Å²) in [5, 5.41) is 2.67. The lowest BCUT2D eigenvalue weighted by atomic mass is 10.1. The van der Waals surface area contributed by atoms with Gasteiger partial charge >= 0.3 is 0 Å². The van der Waals surface area contributed by atoms with Gasteiger partial charge in [0.2, 0.25) is 22.7 Å². The maximum absolute atomic E-state index is 12.8. The minimum absolute atomic E-state index is 0.0511. The smallest absolute Gasteiger partial charge is 0.255 e. The molecule has 0 saturated carbocycles. The average molecular weight is 448 g/mol. The summed E-state index contributed by atoms with van der Waals surface area (Å²) in [4.78, 5) is 27.2. The quantitative estimate of drug-likeness (QED) is 0.666. The lowest BCUT2D eigenvalue weighted by Gasteiger charge is -2.23. The molecule has 3 rings (SSSR count). The lowest BCUT2D eigenvalue weighted by Crippen LogP contribution is -2.38. The van der Waals surface area contributed by atoms with Crippen LogP contribution in [0.1, 0.15) is 24.2 Å². The van der Waals surface area contributed by atoms with Gasteiger partial charge in [-0.1, -0.05) is 12.1 Å². The number of amides is 2. The van der Waals surface area contributed by atoms with Gasteiger partial charge in [-0.15, -0.1) is 0 Å². The highest BCUT2D eigenvalue weighted by Crippen LogP contribution is 2.36. The highest BCUT2D eigenvalue weighted by atomic mass is 32.2. The highest BCUT2D eigenvalue weighted by Gasteiger charge is 2.25. The summed E-state index contributed by atoms with van der Waals surface area (Å²) in [5.41, 5.74) is 0.937. The van der Waals surface area contributed by atoms with Crippen LogP contribution in [0.2, 0.25) is 0 Å². The average Bonchev–Trinajstić information content (AvgIpc) is 3.20. The minimum atomic E-state index is -3.77. The maximum atomic E-state index is 12.8. The number of rotatable bonds is 8. The number of ether oxygens (including phenoxy) is 2. The summed E-state index contributed by atoms with van der Waals surface area (Å²) >= 11 is 0. The number of fused-ring (bicyclic) bond motifs is 1. The Morgan fingerprint density at radius 1 is 1.03 bits per heavy atom. The zero-order chi connectivity index (χ0) is 22.6. The number of nitrogens with zero attached hydrogens (tertiary/aromatic N) is 2. The van der Waals surface area contributed by atoms with Crippen molar-refractivity contribution in [2.45, 2.75) is 13.8 Å². The van der Waals surface area contributed by atoms with E-state index >= 15 is 0 Å². The number of sulfonamides is 1. The van der Waals surface area contributed by atoms with Crippen molar-refractivity contribution >= 4 is 33.2 Å². The molecule has 1 heterocycles. The fourth-order valence-corrected chi connectivity index (χ4v) is 4.07. The molecule has 1 aliphatic heterocycles. The molecule has 0 aromatic heterocycles. The minimum Gasteiger partial charge on any atom is -0.454 e. The van der Waals surface area contributed by atoms with Crippen molar-refractivity contribution in [2.75, 3.05) is 42.3 Å². The Morgan fingerprint density at radius 3 is 2.39 bits per heavy atom. The second kappa shape index (κ2) is 9.25. The molecule has 2 amide bonds. The standard InChI is InChI=1S/C21H25N3O6S/c1-4-23(5-2)21(26)16-8-6-7-9-17(16)22-20(25)13-24(31(3,27)28)15-10-11-18-19(12-15)30-14-29-18/h6-12H,4-5,13-14H2,1-3H3,(H,22,25). The number of hydrogen-bond donors (Lipinski definition) is 1. The van der Waals surface area contributed by atoms with Gasteiger partial charge in [0.05, 0.1) is 23.2 Å². The summed E-state index contributed by atoms with van der Waals surface area (Å²) in [6, 6.07) is 11.3. The van der Waals surface area contributed by atoms with Gasteiger partial charge < -0.3 is 19.7 Å². The third-order valence-electron chi connectivity index (χ3n) is 4.81. The van der Waals surface area contributed by atoms with Crippen molar-refractivity contribution in [3.05, 3.63) is 48.0 Å². The summed E-state index contributed by atoms with van der Waals surface area (Å²) < 4.78 is 36.3. The van der Waals surface area contributed by atoms with Gasteiger partial charge in [-0.25, -0.2) is 8.42 Å². The molecule has 1 aliphatic rings. The summed E-state index contributed by atoms with van der Waals surface area (Å²) in [5.74, 6) is 0.117. The lowest BCUT2D eigenvalue weighted by molar-refractivity contribution is -0.114. The van der Waals surface area contributed by atoms with Gasteiger partial charge in [-0.2, -0.15) is 0 Å². The maximum Gasteiger partial charge on any atom is 0.255 e. The number of anilines is 2. The van der Waals surface area contributed by atoms with E-state index in [-0.39, 0.29) is 18.4 Å². The van der Waals surface area contributed by atoms with E-state index in [4.69, 9.17) is 9.47 Å². The third kappa shape index (κ3) is 5.08. The van der Waals surface area contributed by atoms with Crippen LogP contribution in [0.5, 0.6) is 11.5 Å². The van der Waals surface area contributed by atoms with Gasteiger partial charge in [0.25, 0.3) is 5.91 Å². The summed E-state index contributed by atoms with van der Waals surface area (Å²) in [6.45, 7) is 4.39. The number of hydrogen-bond acceptors (Lipinski definition) is 6. The second-order valence-electron chi connectivity index (χ2n) is 6.88. The summed E-state index contributed by atoms with van der Waals surface area (Å²) in [6.07, 6.45) is 1.02. The van der Waals surface area contributed by atoms with Gasteiger partial charge in [0, 0.05) is 19.2 Å². The van der Waals surface area contributed by atoms with Crippen LogP contribution in [-0.2, 0) is 14.8 Å². The van der Waals surface area contributed by atoms with Crippen LogP contribution in [0.15, 0.2) is 42.5 Å². The van der Waals surface area contributed by atoms with Crippen LogP contribution in [0.3, 0.4) is 0 Å². The summed E-state index contributed by atoms with van der Waals surface area (Å²) in [7, 11) is -3.77. The molecule has 31 heavy (non-hydrogen) atoms. The molecule has 0 aliphatic carbocycles. The van der Waals surface area contributed by atoms with Crippen molar-refractivity contribution in [3.63, 3.8) is 0 Å². The molecule has 0 unspecified atom stereocenters. The molecule has 0 radical (unpaired) electrons. The zero-order valence-corrected chi connectivity index (χ0v) is 18.4. The Morgan fingerprint density at radius 2 is 1.71 bits per heavy atom. The Bertz CT molecular complexity index is 1080. The van der Waals surface area contributed by atoms with Crippen LogP contribution in [0.25, 0.3) is 0 Å². The first-order chi connectivity index (χ1) is 14.7. The normalized spacial score (nSPS) is 12.4. The molecule has 2 aromatic rings. The fraction of sp³-hybridized carbons (Fsp3) is 0.333. The molecule has 0 bridgehead atoms. The monoisotopic (exact) mass is 447 g/mol. The number of carbonyl (C=O) groups is 2. The molecule has 1 N–H and O–H groups in total. The molecular formula is C21H25N3O6S. The number of benzene rings is 2. The predicted molar refractivity (Wildman–Crippen MR) is 117 cm³/mol. The SMILES string of the molecule is CCN(CC)C(=O)c1ccccc1NC(=O)CN(c1ccc2c(c1)OCO2)S(C)(=O)=O. The topological polar surface area (TPSA) is 105 Å². The van der Waals surface area contributed by atoms with Crippen molar-refractivity contribution in [1.29, 1.82) is 0 Å². The molecule has 0 atom stereocenters. The van der Waals surface area contributed by atoms with E-state index < -0.39 is 22.5 Å². The van der Waals surface area contributed by atoms with Gasteiger partial charge in [0.1, 0.15) is 6.54 Å². The molecule has 10 heteroatoms. The number of nitrogens with one attached hydrogen (secondary N) is 1. The molecule has 9 nitrogen and oxygen atoms in total. The highest BCUT2D eigenvalue weighted by molar-refractivity contribution is 7.92. The van der Waals surface area contributed by atoms with Gasteiger partial charge in [-0.3, -0.25) is 13.9 Å². The second-order valence-corrected chi connectivity index (χ2v) is 8.79. The Labute approximate surface area is 181 Å². The first-order valence-corrected chi connectivity index (χ1v) is 11.6. The van der Waals surface area contributed by atoms with E-state index in [1.54, 1.807) is 41.3 Å². The van der Waals surface area contributed by atoms with E-state index in [1.807, 2.05) is 13.8 Å². The molecule has 0 fully saturated rings. The van der Waals surface area contributed by atoms with Crippen molar-refractivity contribution in [1.82, 2.24) is 4.90 Å². The molecule has 0 saturated heterocycles. The Balaban J connectivity index is 1.82. The van der Waals surface area contributed by atoms with Crippen LogP contribution >= 0.6 is 0 Å². The first-order valence-electron chi connectivity index (χ1n) is 9.80. The molecule has 2 aromatic carbocycles. The molecular weight excluding hydrogens is 422 g/mol.